The van der Waals surface area contributed by atoms with E-state index in [0.29, 0.717) is 37.2 Å². The Morgan fingerprint density at radius 2 is 1.93 bits per heavy atom. The van der Waals surface area contributed by atoms with Gasteiger partial charge in [0.05, 0.1) is 11.6 Å². The molecule has 2 aromatic rings. The first-order valence-electron chi connectivity index (χ1n) is 8.69. The van der Waals surface area contributed by atoms with Gasteiger partial charge in [-0.2, -0.15) is 13.2 Å². The molecule has 6 nitrogen and oxygen atoms in total. The van der Waals surface area contributed by atoms with Crippen molar-refractivity contribution >= 4 is 11.8 Å². The van der Waals surface area contributed by atoms with Crippen LogP contribution in [0.2, 0.25) is 0 Å². The molecule has 1 aromatic heterocycles. The Kier molecular flexibility index (Phi) is 5.53. The van der Waals surface area contributed by atoms with Gasteiger partial charge in [-0.25, -0.2) is 0 Å². The number of halogens is 3. The molecule has 1 aliphatic rings. The maximum absolute atomic E-state index is 12.9. The van der Waals surface area contributed by atoms with Crippen LogP contribution in [0, 0.1) is 0 Å². The number of hydrogen-bond donors (Lipinski definition) is 2. The van der Waals surface area contributed by atoms with E-state index in [1.165, 1.54) is 0 Å². The van der Waals surface area contributed by atoms with Gasteiger partial charge in [-0.3, -0.25) is 14.4 Å². The smallest absolute Gasteiger partial charge is 0.343 e. The van der Waals surface area contributed by atoms with Crippen LogP contribution in [0.25, 0.3) is 0 Å². The number of alkyl halides is 3. The zero-order valence-corrected chi connectivity index (χ0v) is 14.8. The fraction of sp³-hybridized carbons (Fsp3) is 0.316. The van der Waals surface area contributed by atoms with Crippen LogP contribution >= 0.6 is 0 Å². The van der Waals surface area contributed by atoms with E-state index in [2.05, 4.69) is 5.32 Å². The van der Waals surface area contributed by atoms with Gasteiger partial charge < -0.3 is 15.2 Å². The molecule has 148 valence electrons. The predicted molar refractivity (Wildman–Crippen MR) is 94.5 cm³/mol. The van der Waals surface area contributed by atoms with Gasteiger partial charge in [0.25, 0.3) is 11.5 Å². The standard InChI is InChI=1S/C19H18F3N3O3/c20-19(21,22)13-9-14(17(27)23-10-13)18(28)24-15(12-5-2-1-3-6-12)11-25-8-4-7-16(25)26/h1-3,5-6,9-10,15H,4,7-8,11H2,(H,23,27)(H,24,28). The molecule has 1 unspecified atom stereocenters. The fourth-order valence-electron chi connectivity index (χ4n) is 3.09. The Hall–Kier alpha value is -3.10. The Bertz CT molecular complexity index is 925. The minimum absolute atomic E-state index is 0.0490. The molecule has 0 radical (unpaired) electrons. The molecule has 2 amide bonds. The average Bonchev–Trinajstić information content (AvgIpc) is 3.06. The van der Waals surface area contributed by atoms with Crippen molar-refractivity contribution in [3.8, 4) is 0 Å². The van der Waals surface area contributed by atoms with Crippen molar-refractivity contribution < 1.29 is 22.8 Å². The molecule has 2 heterocycles. The zero-order chi connectivity index (χ0) is 20.3. The molecule has 1 saturated heterocycles. The number of amides is 2. The van der Waals surface area contributed by atoms with Crippen LogP contribution in [-0.4, -0.2) is 34.8 Å². The van der Waals surface area contributed by atoms with Gasteiger partial charge in [0.2, 0.25) is 5.91 Å². The topological polar surface area (TPSA) is 82.3 Å². The Morgan fingerprint density at radius 1 is 1.21 bits per heavy atom. The lowest BCUT2D eigenvalue weighted by Crippen LogP contribution is -2.40. The third-order valence-corrected chi connectivity index (χ3v) is 4.56. The molecule has 2 N–H and O–H groups in total. The van der Waals surface area contributed by atoms with E-state index in [1.54, 1.807) is 35.2 Å². The molecule has 0 bridgehead atoms. The van der Waals surface area contributed by atoms with Crippen molar-refractivity contribution in [3.63, 3.8) is 0 Å². The van der Waals surface area contributed by atoms with E-state index < -0.39 is 34.8 Å². The molecule has 3 rings (SSSR count). The summed E-state index contributed by atoms with van der Waals surface area (Å²) in [5.74, 6) is -0.986. The molecule has 1 fully saturated rings. The lowest BCUT2D eigenvalue weighted by atomic mass is 10.1. The van der Waals surface area contributed by atoms with Crippen LogP contribution in [0.5, 0.6) is 0 Å². The molecular weight excluding hydrogens is 375 g/mol. The summed E-state index contributed by atoms with van der Waals surface area (Å²) in [6.07, 6.45) is -3.04. The second-order valence-electron chi connectivity index (χ2n) is 6.51. The van der Waals surface area contributed by atoms with Crippen molar-refractivity contribution in [2.45, 2.75) is 25.1 Å². The number of carbonyl (C=O) groups is 2. The second-order valence-corrected chi connectivity index (χ2v) is 6.51. The van der Waals surface area contributed by atoms with Gasteiger partial charge in [-0.05, 0) is 18.1 Å². The molecule has 0 saturated carbocycles. The summed E-state index contributed by atoms with van der Waals surface area (Å²) < 4.78 is 38.7. The number of likely N-dealkylation sites (tertiary alicyclic amines) is 1. The second kappa shape index (κ2) is 7.87. The van der Waals surface area contributed by atoms with E-state index in [-0.39, 0.29) is 12.5 Å². The number of aromatic amines is 1. The number of benzene rings is 1. The van der Waals surface area contributed by atoms with Gasteiger partial charge in [-0.15, -0.1) is 0 Å². The number of hydrogen-bond acceptors (Lipinski definition) is 3. The minimum atomic E-state index is -4.69. The third-order valence-electron chi connectivity index (χ3n) is 4.56. The molecule has 1 atom stereocenters. The van der Waals surface area contributed by atoms with E-state index in [1.807, 2.05) is 4.98 Å². The summed E-state index contributed by atoms with van der Waals surface area (Å²) in [5, 5.41) is 2.60. The highest BCUT2D eigenvalue weighted by molar-refractivity contribution is 5.94. The molecular formula is C19H18F3N3O3. The molecule has 28 heavy (non-hydrogen) atoms. The number of aromatic nitrogens is 1. The van der Waals surface area contributed by atoms with Crippen LogP contribution in [0.3, 0.4) is 0 Å². The zero-order valence-electron chi connectivity index (χ0n) is 14.8. The van der Waals surface area contributed by atoms with Crippen molar-refractivity contribution in [2.75, 3.05) is 13.1 Å². The third kappa shape index (κ3) is 4.41. The van der Waals surface area contributed by atoms with Crippen LogP contribution < -0.4 is 10.9 Å². The fourth-order valence-corrected chi connectivity index (χ4v) is 3.09. The van der Waals surface area contributed by atoms with Gasteiger partial charge in [-0.1, -0.05) is 30.3 Å². The van der Waals surface area contributed by atoms with Crippen molar-refractivity contribution in [1.29, 1.82) is 0 Å². The number of rotatable bonds is 5. The van der Waals surface area contributed by atoms with E-state index in [4.69, 9.17) is 0 Å². The van der Waals surface area contributed by atoms with Gasteiger partial charge in [0, 0.05) is 25.7 Å². The lowest BCUT2D eigenvalue weighted by molar-refractivity contribution is -0.137. The summed E-state index contributed by atoms with van der Waals surface area (Å²) in [5.41, 5.74) is -2.00. The Labute approximate surface area is 158 Å². The van der Waals surface area contributed by atoms with Crippen LogP contribution in [0.15, 0.2) is 47.4 Å². The summed E-state index contributed by atoms with van der Waals surface area (Å²) in [4.78, 5) is 40.0. The average molecular weight is 393 g/mol. The summed E-state index contributed by atoms with van der Waals surface area (Å²) >= 11 is 0. The summed E-state index contributed by atoms with van der Waals surface area (Å²) in [6.45, 7) is 0.716. The molecule has 1 aliphatic heterocycles. The van der Waals surface area contributed by atoms with Crippen LogP contribution in [-0.2, 0) is 11.0 Å². The first-order valence-corrected chi connectivity index (χ1v) is 8.69. The van der Waals surface area contributed by atoms with Crippen LogP contribution in [0.4, 0.5) is 13.2 Å². The maximum atomic E-state index is 12.9. The highest BCUT2D eigenvalue weighted by Gasteiger charge is 2.32. The number of pyridine rings is 1. The molecule has 0 aliphatic carbocycles. The maximum Gasteiger partial charge on any atom is 0.417 e. The normalized spacial score (nSPS) is 15.5. The first-order chi connectivity index (χ1) is 13.3. The molecule has 1 aromatic carbocycles. The largest absolute Gasteiger partial charge is 0.417 e. The van der Waals surface area contributed by atoms with Crippen molar-refractivity contribution in [1.82, 2.24) is 15.2 Å². The summed E-state index contributed by atoms with van der Waals surface area (Å²) in [6, 6.07) is 8.61. The Balaban J connectivity index is 1.87. The highest BCUT2D eigenvalue weighted by atomic mass is 19.4. The Morgan fingerprint density at radius 3 is 2.54 bits per heavy atom. The predicted octanol–water partition coefficient (Wildman–Crippen LogP) is 2.49. The first kappa shape index (κ1) is 19.7. The number of nitrogens with one attached hydrogen (secondary N) is 2. The molecule has 0 spiro atoms. The highest BCUT2D eigenvalue weighted by Crippen LogP contribution is 2.28. The van der Waals surface area contributed by atoms with E-state index in [9.17, 15) is 27.6 Å². The number of H-pyrrole nitrogens is 1. The molecule has 9 heteroatoms. The van der Waals surface area contributed by atoms with E-state index in [0.717, 1.165) is 0 Å². The lowest BCUT2D eigenvalue weighted by Gasteiger charge is -2.25. The monoisotopic (exact) mass is 393 g/mol. The quantitative estimate of drug-likeness (QED) is 0.819. The number of nitrogens with zero attached hydrogens (tertiary/aromatic N) is 1. The van der Waals surface area contributed by atoms with Crippen molar-refractivity contribution in [3.05, 3.63) is 69.6 Å². The van der Waals surface area contributed by atoms with Gasteiger partial charge in [0.15, 0.2) is 0 Å². The summed E-state index contributed by atoms with van der Waals surface area (Å²) in [7, 11) is 0. The van der Waals surface area contributed by atoms with Crippen molar-refractivity contribution in [2.24, 2.45) is 0 Å². The van der Waals surface area contributed by atoms with Gasteiger partial charge >= 0.3 is 6.18 Å². The minimum Gasteiger partial charge on any atom is -0.343 e. The van der Waals surface area contributed by atoms with Gasteiger partial charge in [0.1, 0.15) is 5.56 Å². The van der Waals surface area contributed by atoms with Crippen LogP contribution in [0.1, 0.15) is 40.4 Å². The SMILES string of the molecule is O=C(NC(CN1CCCC1=O)c1ccccc1)c1cc(C(F)(F)F)c[nH]c1=O. The number of carbonyl (C=O) groups excluding carboxylic acids is 2. The van der Waals surface area contributed by atoms with E-state index >= 15 is 0 Å².